The fourth-order valence-corrected chi connectivity index (χ4v) is 3.68. The molecule has 1 aromatic carbocycles. The molecule has 5 nitrogen and oxygen atoms in total. The second kappa shape index (κ2) is 5.30. The predicted octanol–water partition coefficient (Wildman–Crippen LogP) is 1.62. The van der Waals surface area contributed by atoms with E-state index < -0.39 is 57.2 Å². The van der Waals surface area contributed by atoms with Crippen LogP contribution in [0.25, 0.3) is 15.7 Å². The molecule has 0 saturated heterocycles. The van der Waals surface area contributed by atoms with Gasteiger partial charge in [-0.1, -0.05) is 9.24 Å². The minimum Gasteiger partial charge on any atom is -0.477 e. The number of halogens is 3. The van der Waals surface area contributed by atoms with Crippen molar-refractivity contribution in [2.75, 3.05) is 0 Å². The normalized spacial score (nSPS) is 11.5. The highest BCUT2D eigenvalue weighted by atomic mass is 32.1. The van der Waals surface area contributed by atoms with Crippen molar-refractivity contribution in [2.24, 2.45) is 0 Å². The van der Waals surface area contributed by atoms with E-state index in [2.05, 4.69) is 0 Å². The first-order valence-corrected chi connectivity index (χ1v) is 7.51. The zero-order chi connectivity index (χ0) is 17.0. The van der Waals surface area contributed by atoms with Gasteiger partial charge in [-0.2, -0.15) is 0 Å². The zero-order valence-corrected chi connectivity index (χ0v) is 13.0. The Hall–Kier alpha value is -1.96. The molecule has 3 aromatic rings. The van der Waals surface area contributed by atoms with Crippen LogP contribution in [0.4, 0.5) is 13.2 Å². The fraction of sp³-hybridized carbons (Fsp3) is 0.0769. The molecule has 3 rings (SSSR count). The molecular weight excluding hydrogens is 354 g/mol. The van der Waals surface area contributed by atoms with E-state index in [0.29, 0.717) is 0 Å². The minimum absolute atomic E-state index is 0.0480. The Morgan fingerprint density at radius 1 is 1.26 bits per heavy atom. The summed E-state index contributed by atoms with van der Waals surface area (Å²) in [4.78, 5) is 23.5. The number of hydrogen-bond acceptors (Lipinski definition) is 4. The lowest BCUT2D eigenvalue weighted by molar-refractivity contribution is 0.0697. The summed E-state index contributed by atoms with van der Waals surface area (Å²) in [6.45, 7) is -0.609. The van der Waals surface area contributed by atoms with Crippen molar-refractivity contribution in [3.8, 4) is 0 Å². The molecule has 1 atom stereocenters. The molecular formula is C13H7F3NO4PS. The van der Waals surface area contributed by atoms with Crippen LogP contribution in [0, 0.1) is 17.5 Å². The minimum atomic E-state index is -1.66. The molecule has 0 aliphatic heterocycles. The lowest BCUT2D eigenvalue weighted by atomic mass is 10.1. The van der Waals surface area contributed by atoms with Gasteiger partial charge in [0.15, 0.2) is 17.5 Å². The summed E-state index contributed by atoms with van der Waals surface area (Å²) in [5.74, 6) is -6.10. The molecule has 0 fully saturated rings. The van der Waals surface area contributed by atoms with Crippen molar-refractivity contribution in [2.45, 2.75) is 6.61 Å². The number of aromatic carboxylic acids is 1. The topological polar surface area (TPSA) is 79.0 Å². The lowest BCUT2D eigenvalue weighted by Gasteiger charge is -2.11. The third-order valence-corrected chi connectivity index (χ3v) is 4.90. The first kappa shape index (κ1) is 15.9. The lowest BCUT2D eigenvalue weighted by Crippen LogP contribution is -2.23. The molecule has 23 heavy (non-hydrogen) atoms. The highest BCUT2D eigenvalue weighted by Gasteiger charge is 2.28. The van der Waals surface area contributed by atoms with Gasteiger partial charge in [0.25, 0.3) is 0 Å². The molecule has 2 heterocycles. The summed E-state index contributed by atoms with van der Waals surface area (Å²) in [7, 11) is 1.69. The van der Waals surface area contributed by atoms with Crippen LogP contribution in [0.2, 0.25) is 0 Å². The molecule has 0 radical (unpaired) electrons. The van der Waals surface area contributed by atoms with Crippen LogP contribution in [-0.2, 0) is 6.61 Å². The number of thiazole rings is 1. The summed E-state index contributed by atoms with van der Waals surface area (Å²) >= 11 is 0.780. The highest BCUT2D eigenvalue weighted by Crippen LogP contribution is 2.28. The van der Waals surface area contributed by atoms with Crippen molar-refractivity contribution in [3.05, 3.63) is 44.3 Å². The number of carboxylic acid groups (broad SMARTS) is 1. The average molecular weight is 361 g/mol. The van der Waals surface area contributed by atoms with Crippen LogP contribution in [0.15, 0.2) is 10.2 Å². The second-order valence-electron chi connectivity index (χ2n) is 4.61. The van der Waals surface area contributed by atoms with Crippen LogP contribution in [0.3, 0.4) is 0 Å². The van der Waals surface area contributed by atoms with Gasteiger partial charge >= 0.3 is 5.97 Å². The molecule has 0 saturated carbocycles. The number of aromatic nitrogens is 1. The number of carbonyl (C=O) groups is 1. The van der Waals surface area contributed by atoms with Gasteiger partial charge in [0.1, 0.15) is 10.4 Å². The molecule has 2 aromatic heterocycles. The van der Waals surface area contributed by atoms with Gasteiger partial charge in [-0.25, -0.2) is 18.0 Å². The van der Waals surface area contributed by atoms with E-state index >= 15 is 0 Å². The molecule has 120 valence electrons. The Morgan fingerprint density at radius 2 is 1.91 bits per heavy atom. The van der Waals surface area contributed by atoms with Crippen molar-refractivity contribution in [1.29, 1.82) is 0 Å². The number of benzene rings is 1. The van der Waals surface area contributed by atoms with Crippen LogP contribution in [0.5, 0.6) is 0 Å². The van der Waals surface area contributed by atoms with Crippen LogP contribution >= 0.6 is 20.6 Å². The monoisotopic (exact) mass is 361 g/mol. The average Bonchev–Trinajstić information content (AvgIpc) is 2.92. The summed E-state index contributed by atoms with van der Waals surface area (Å²) in [5.41, 5.74) is -2.69. The Morgan fingerprint density at radius 3 is 2.48 bits per heavy atom. The van der Waals surface area contributed by atoms with E-state index in [1.165, 1.54) is 5.38 Å². The third-order valence-electron chi connectivity index (χ3n) is 3.39. The maximum Gasteiger partial charge on any atom is 0.342 e. The van der Waals surface area contributed by atoms with E-state index in [9.17, 15) is 33.0 Å². The van der Waals surface area contributed by atoms with Crippen LogP contribution in [0.1, 0.15) is 16.1 Å². The fourth-order valence-electron chi connectivity index (χ4n) is 2.38. The number of pyridine rings is 1. The molecule has 10 heteroatoms. The zero-order valence-electron chi connectivity index (χ0n) is 11.1. The quantitative estimate of drug-likeness (QED) is 0.537. The van der Waals surface area contributed by atoms with Gasteiger partial charge in [0.2, 0.25) is 5.43 Å². The smallest absolute Gasteiger partial charge is 0.342 e. The number of aliphatic hydroxyl groups excluding tert-OH is 1. The van der Waals surface area contributed by atoms with E-state index in [0.717, 1.165) is 15.7 Å². The summed E-state index contributed by atoms with van der Waals surface area (Å²) in [6.07, 6.45) is 0. The molecule has 1 unspecified atom stereocenters. The van der Waals surface area contributed by atoms with Gasteiger partial charge in [0.05, 0.1) is 23.2 Å². The summed E-state index contributed by atoms with van der Waals surface area (Å²) in [5, 5.41) is 18.1. The number of hydrogen-bond donors (Lipinski definition) is 2. The molecule has 0 bridgehead atoms. The third kappa shape index (κ3) is 2.00. The van der Waals surface area contributed by atoms with Gasteiger partial charge in [-0.3, -0.25) is 9.20 Å². The van der Waals surface area contributed by atoms with Crippen molar-refractivity contribution in [3.63, 3.8) is 0 Å². The van der Waals surface area contributed by atoms with E-state index in [1.54, 1.807) is 9.24 Å². The van der Waals surface area contributed by atoms with Crippen LogP contribution < -0.4 is 10.7 Å². The van der Waals surface area contributed by atoms with Crippen molar-refractivity contribution in [1.82, 2.24) is 4.40 Å². The molecule has 0 spiro atoms. The Bertz CT molecular complexity index is 1060. The maximum absolute atomic E-state index is 14.5. The van der Waals surface area contributed by atoms with Gasteiger partial charge in [-0.05, 0) is 0 Å². The van der Waals surface area contributed by atoms with Gasteiger partial charge < -0.3 is 10.2 Å². The summed E-state index contributed by atoms with van der Waals surface area (Å²) in [6, 6.07) is 0. The Kier molecular flexibility index (Phi) is 3.66. The number of nitrogens with zero attached hydrogens (tertiary/aromatic N) is 1. The number of fused-ring (bicyclic) bond motifs is 3. The molecule has 2 N–H and O–H groups in total. The first-order chi connectivity index (χ1) is 10.8. The first-order valence-electron chi connectivity index (χ1n) is 6.06. The molecule has 0 aliphatic carbocycles. The standard InChI is InChI=1S/C13H7F3NO4PS/c14-6-4-9(8(16)11(22)7(6)15)17-3(1-18)2-23-12(17)5(10(4)19)13(20)21/h2,18H,1,22H2,(H,20,21). The number of rotatable bonds is 2. The molecule has 0 aliphatic rings. The largest absolute Gasteiger partial charge is 0.477 e. The number of aliphatic hydroxyl groups is 1. The van der Waals surface area contributed by atoms with E-state index in [-0.39, 0.29) is 10.5 Å². The van der Waals surface area contributed by atoms with Gasteiger partial charge in [0, 0.05) is 10.7 Å². The van der Waals surface area contributed by atoms with Gasteiger partial charge in [-0.15, -0.1) is 11.3 Å². The Labute approximate surface area is 131 Å². The van der Waals surface area contributed by atoms with Crippen molar-refractivity contribution >= 4 is 47.6 Å². The van der Waals surface area contributed by atoms with E-state index in [1.807, 2.05) is 0 Å². The second-order valence-corrected chi connectivity index (χ2v) is 6.05. The van der Waals surface area contributed by atoms with Crippen LogP contribution in [-0.4, -0.2) is 20.6 Å². The van der Waals surface area contributed by atoms with Crippen molar-refractivity contribution < 1.29 is 28.2 Å². The Balaban J connectivity index is 2.81. The van der Waals surface area contributed by atoms with E-state index in [4.69, 9.17) is 0 Å². The highest BCUT2D eigenvalue weighted by molar-refractivity contribution is 7.27. The number of carboxylic acids is 1. The molecule has 0 amide bonds. The predicted molar refractivity (Wildman–Crippen MR) is 81.2 cm³/mol. The maximum atomic E-state index is 14.5. The summed E-state index contributed by atoms with van der Waals surface area (Å²) < 4.78 is 43.3. The SMILES string of the molecule is O=C(O)c1c(=O)c2c(F)c(F)c(P)c(F)c2n2c(CO)csc12.